The summed E-state index contributed by atoms with van der Waals surface area (Å²) in [5, 5.41) is 13.6. The molecule has 2 aliphatic rings. The van der Waals surface area contributed by atoms with E-state index in [0.717, 1.165) is 5.56 Å². The molecule has 3 aromatic rings. The Kier molecular flexibility index (Phi) is 7.01. The summed E-state index contributed by atoms with van der Waals surface area (Å²) >= 11 is 0. The fourth-order valence-electron chi connectivity index (χ4n) is 4.83. The van der Waals surface area contributed by atoms with Gasteiger partial charge >= 0.3 is 0 Å². The zero-order valence-electron chi connectivity index (χ0n) is 21.4. The van der Waals surface area contributed by atoms with Crippen LogP contribution in [0.5, 0.6) is 11.5 Å². The lowest BCUT2D eigenvalue weighted by Gasteiger charge is -2.36. The highest BCUT2D eigenvalue weighted by molar-refractivity contribution is 6.09. The average molecular weight is 508 g/mol. The van der Waals surface area contributed by atoms with Crippen molar-refractivity contribution < 1.29 is 24.2 Å². The van der Waals surface area contributed by atoms with E-state index in [9.17, 15) is 14.7 Å². The van der Waals surface area contributed by atoms with Gasteiger partial charge in [0.15, 0.2) is 0 Å². The van der Waals surface area contributed by atoms with Crippen LogP contribution in [-0.2, 0) is 4.79 Å². The molecule has 0 bridgehead atoms. The summed E-state index contributed by atoms with van der Waals surface area (Å²) in [4.78, 5) is 39.3. The van der Waals surface area contributed by atoms with E-state index in [1.807, 2.05) is 25.1 Å². The number of hydrogen-bond donors (Lipinski definition) is 3. The number of benzene rings is 1. The number of carbonyl (C=O) groups is 2. The number of hydrogen-bond acceptors (Lipinski definition) is 7. The van der Waals surface area contributed by atoms with Crippen LogP contribution >= 0.6 is 0 Å². The summed E-state index contributed by atoms with van der Waals surface area (Å²) < 4.78 is 11.6. The van der Waals surface area contributed by atoms with Gasteiger partial charge in [-0.15, -0.1) is 0 Å². The maximum absolute atomic E-state index is 13.4. The Bertz CT molecular complexity index is 1320. The first-order valence-electron chi connectivity index (χ1n) is 12.8. The minimum atomic E-state index is -0.841. The Morgan fingerprint density at radius 3 is 2.76 bits per heavy atom. The second-order valence-electron chi connectivity index (χ2n) is 9.82. The van der Waals surface area contributed by atoms with Crippen molar-refractivity contribution in [1.29, 1.82) is 0 Å². The lowest BCUT2D eigenvalue weighted by molar-refractivity contribution is -0.134. The molecule has 10 nitrogen and oxygen atoms in total. The van der Waals surface area contributed by atoms with Gasteiger partial charge in [0.2, 0.25) is 5.91 Å². The number of H-pyrrole nitrogens is 1. The average Bonchev–Trinajstić information content (AvgIpc) is 3.67. The summed E-state index contributed by atoms with van der Waals surface area (Å²) in [5.41, 5.74) is 3.53. The molecular formula is C27H33N5O5. The highest BCUT2D eigenvalue weighted by atomic mass is 16.5. The SMILES string of the molecule is CCC(=O)N1CC[C@@H](NC(=O)c2c(C)[nH]c3c(-c4cc(OC)ccc4OCC4CC4)ncnc23)[C@@H](O)C1. The molecule has 1 aliphatic heterocycles. The number of β-amino-alcohol motifs (C(OH)–C–C–N with tert-alkyl or cyclic N) is 1. The van der Waals surface area contributed by atoms with Gasteiger partial charge in [-0.05, 0) is 50.3 Å². The van der Waals surface area contributed by atoms with Crippen molar-refractivity contribution in [1.82, 2.24) is 25.2 Å². The van der Waals surface area contributed by atoms with Gasteiger partial charge in [-0.25, -0.2) is 9.97 Å². The number of fused-ring (bicyclic) bond motifs is 1. The van der Waals surface area contributed by atoms with Gasteiger partial charge in [0.05, 0.1) is 36.9 Å². The van der Waals surface area contributed by atoms with Crippen LogP contribution in [0, 0.1) is 12.8 Å². The second kappa shape index (κ2) is 10.4. The largest absolute Gasteiger partial charge is 0.497 e. The molecule has 1 saturated heterocycles. The Balaban J connectivity index is 1.44. The smallest absolute Gasteiger partial charge is 0.255 e. The highest BCUT2D eigenvalue weighted by Gasteiger charge is 2.32. The summed E-state index contributed by atoms with van der Waals surface area (Å²) in [6.07, 6.45) is 3.83. The molecule has 3 heterocycles. The fraction of sp³-hybridized carbons (Fsp3) is 0.481. The summed E-state index contributed by atoms with van der Waals surface area (Å²) in [5.74, 6) is 1.62. The van der Waals surface area contributed by atoms with E-state index in [1.165, 1.54) is 19.2 Å². The number of nitrogens with zero attached hydrogens (tertiary/aromatic N) is 3. The van der Waals surface area contributed by atoms with Crippen molar-refractivity contribution in [2.24, 2.45) is 5.92 Å². The summed E-state index contributed by atoms with van der Waals surface area (Å²) in [7, 11) is 1.61. The van der Waals surface area contributed by atoms with Crippen LogP contribution in [0.15, 0.2) is 24.5 Å². The van der Waals surface area contributed by atoms with Gasteiger partial charge in [-0.2, -0.15) is 0 Å². The van der Waals surface area contributed by atoms with Crippen LogP contribution in [0.1, 0.15) is 48.7 Å². The predicted molar refractivity (Wildman–Crippen MR) is 138 cm³/mol. The van der Waals surface area contributed by atoms with E-state index < -0.39 is 12.1 Å². The van der Waals surface area contributed by atoms with Gasteiger partial charge in [-0.1, -0.05) is 6.92 Å². The molecule has 0 radical (unpaired) electrons. The van der Waals surface area contributed by atoms with E-state index in [2.05, 4.69) is 20.3 Å². The number of amides is 2. The van der Waals surface area contributed by atoms with Crippen LogP contribution < -0.4 is 14.8 Å². The number of likely N-dealkylation sites (tertiary alicyclic amines) is 1. The van der Waals surface area contributed by atoms with Crippen molar-refractivity contribution in [3.8, 4) is 22.8 Å². The van der Waals surface area contributed by atoms with Gasteiger partial charge in [-0.3, -0.25) is 9.59 Å². The molecule has 0 unspecified atom stereocenters. The number of aryl methyl sites for hydroxylation is 1. The van der Waals surface area contributed by atoms with Gasteiger partial charge < -0.3 is 29.8 Å². The normalized spacial score (nSPS) is 19.6. The monoisotopic (exact) mass is 507 g/mol. The summed E-state index contributed by atoms with van der Waals surface area (Å²) in [6.45, 7) is 4.96. The molecular weight excluding hydrogens is 474 g/mol. The zero-order chi connectivity index (χ0) is 26.1. The standard InChI is InChI=1S/C27H33N5O5/c1-4-22(34)32-10-9-19(20(33)12-32)31-27(35)23-15(2)30-26-24(28-14-29-25(23)26)18-11-17(36-3)7-8-21(18)37-13-16-5-6-16/h7-8,11,14,16,19-20,30,33H,4-6,9-10,12-13H2,1-3H3,(H,31,35)/t19-,20+/m1/s1. The minimum absolute atomic E-state index is 0.00134. The van der Waals surface area contributed by atoms with Crippen molar-refractivity contribution in [2.75, 3.05) is 26.8 Å². The van der Waals surface area contributed by atoms with Crippen LogP contribution in [0.2, 0.25) is 0 Å². The minimum Gasteiger partial charge on any atom is -0.497 e. The maximum atomic E-state index is 13.4. The first-order chi connectivity index (χ1) is 17.9. The highest BCUT2D eigenvalue weighted by Crippen LogP contribution is 2.38. The molecule has 196 valence electrons. The molecule has 2 aromatic heterocycles. The fourth-order valence-corrected chi connectivity index (χ4v) is 4.83. The number of nitrogens with one attached hydrogen (secondary N) is 2. The third-order valence-electron chi connectivity index (χ3n) is 7.17. The number of aliphatic hydroxyl groups excluding tert-OH is 1. The Morgan fingerprint density at radius 2 is 2.05 bits per heavy atom. The zero-order valence-corrected chi connectivity index (χ0v) is 21.4. The number of carbonyl (C=O) groups excluding carboxylic acids is 2. The number of methoxy groups -OCH3 is 1. The van der Waals surface area contributed by atoms with E-state index in [-0.39, 0.29) is 18.4 Å². The van der Waals surface area contributed by atoms with Crippen molar-refractivity contribution in [2.45, 2.75) is 51.7 Å². The Hall–Kier alpha value is -3.66. The molecule has 2 fully saturated rings. The lowest BCUT2D eigenvalue weighted by Crippen LogP contribution is -2.55. The van der Waals surface area contributed by atoms with E-state index in [1.54, 1.807) is 18.9 Å². The number of rotatable bonds is 8. The number of piperidine rings is 1. The van der Waals surface area contributed by atoms with E-state index >= 15 is 0 Å². The Morgan fingerprint density at radius 1 is 1.24 bits per heavy atom. The van der Waals surface area contributed by atoms with Crippen LogP contribution in [0.25, 0.3) is 22.3 Å². The third kappa shape index (κ3) is 5.11. The molecule has 0 spiro atoms. The first kappa shape index (κ1) is 25.0. The van der Waals surface area contributed by atoms with Crippen LogP contribution in [0.4, 0.5) is 0 Å². The van der Waals surface area contributed by atoms with Crippen molar-refractivity contribution >= 4 is 22.8 Å². The number of aromatic amines is 1. The molecule has 1 aliphatic carbocycles. The molecule has 1 saturated carbocycles. The maximum Gasteiger partial charge on any atom is 0.255 e. The van der Waals surface area contributed by atoms with Crippen LogP contribution in [-0.4, -0.2) is 75.7 Å². The second-order valence-corrected chi connectivity index (χ2v) is 9.82. The van der Waals surface area contributed by atoms with Crippen molar-refractivity contribution in [3.05, 3.63) is 35.8 Å². The molecule has 3 N–H and O–H groups in total. The van der Waals surface area contributed by atoms with E-state index in [0.29, 0.717) is 71.4 Å². The van der Waals surface area contributed by atoms with Gasteiger partial charge in [0.25, 0.3) is 5.91 Å². The molecule has 10 heteroatoms. The lowest BCUT2D eigenvalue weighted by atomic mass is 10.0. The Labute approximate surface area is 215 Å². The number of ether oxygens (including phenoxy) is 2. The predicted octanol–water partition coefficient (Wildman–Crippen LogP) is 2.83. The third-order valence-corrected chi connectivity index (χ3v) is 7.17. The molecule has 2 amide bonds. The molecule has 37 heavy (non-hydrogen) atoms. The van der Waals surface area contributed by atoms with Crippen LogP contribution in [0.3, 0.4) is 0 Å². The topological polar surface area (TPSA) is 130 Å². The quantitative estimate of drug-likeness (QED) is 0.427. The van der Waals surface area contributed by atoms with Crippen molar-refractivity contribution in [3.63, 3.8) is 0 Å². The molecule has 1 aromatic carbocycles. The van der Waals surface area contributed by atoms with Gasteiger partial charge in [0.1, 0.15) is 29.0 Å². The number of aromatic nitrogens is 3. The van der Waals surface area contributed by atoms with Gasteiger partial charge in [0, 0.05) is 30.8 Å². The first-order valence-corrected chi connectivity index (χ1v) is 12.8. The molecule has 5 rings (SSSR count). The van der Waals surface area contributed by atoms with E-state index in [4.69, 9.17) is 9.47 Å². The summed E-state index contributed by atoms with van der Waals surface area (Å²) in [6, 6.07) is 5.15. The number of aliphatic hydroxyl groups is 1. The molecule has 2 atom stereocenters.